The first-order valence-corrected chi connectivity index (χ1v) is 11.8. The molecule has 0 unspecified atom stereocenters. The van der Waals surface area contributed by atoms with Crippen molar-refractivity contribution in [3.8, 4) is 5.88 Å². The molecule has 170 valence electrons. The molecule has 4 bridgehead atoms. The fourth-order valence-electron chi connectivity index (χ4n) is 5.89. The summed E-state index contributed by atoms with van der Waals surface area (Å²) in [7, 11) is 0. The lowest BCUT2D eigenvalue weighted by molar-refractivity contribution is -0.137. The number of nitrogens with one attached hydrogen (secondary N) is 1. The molecule has 1 aromatic rings. The van der Waals surface area contributed by atoms with Gasteiger partial charge < -0.3 is 14.8 Å². The number of carbonyl (C=O) groups excluding carboxylic acids is 2. The van der Waals surface area contributed by atoms with Gasteiger partial charge in [0.1, 0.15) is 5.56 Å². The largest absolute Gasteiger partial charge is 0.477 e. The molecule has 0 atom stereocenters. The SMILES string of the molecule is CCOC(=O)C=CCn1ncc(C(=O)NC2C3CC4CC(C3)CC2C4)c1OCC(C)C. The second-order valence-corrected chi connectivity index (χ2v) is 9.83. The fraction of sp³-hybridized carbons (Fsp3) is 0.708. The Labute approximate surface area is 184 Å². The molecule has 7 heteroatoms. The number of hydrogen-bond donors (Lipinski definition) is 1. The predicted octanol–water partition coefficient (Wildman–Crippen LogP) is 3.59. The van der Waals surface area contributed by atoms with Crippen LogP contribution in [0.3, 0.4) is 0 Å². The van der Waals surface area contributed by atoms with Crippen LogP contribution in [0.15, 0.2) is 18.3 Å². The summed E-state index contributed by atoms with van der Waals surface area (Å²) in [6.07, 6.45) is 11.1. The second-order valence-electron chi connectivity index (χ2n) is 9.83. The molecule has 7 nitrogen and oxygen atoms in total. The molecule has 4 aliphatic rings. The smallest absolute Gasteiger partial charge is 0.330 e. The number of rotatable bonds is 9. The highest BCUT2D eigenvalue weighted by molar-refractivity contribution is 5.96. The van der Waals surface area contributed by atoms with Gasteiger partial charge in [-0.25, -0.2) is 9.48 Å². The van der Waals surface area contributed by atoms with Crippen molar-refractivity contribution in [3.05, 3.63) is 23.9 Å². The topological polar surface area (TPSA) is 82.5 Å². The first-order valence-electron chi connectivity index (χ1n) is 11.8. The summed E-state index contributed by atoms with van der Waals surface area (Å²) in [4.78, 5) is 24.8. The zero-order valence-electron chi connectivity index (χ0n) is 18.9. The van der Waals surface area contributed by atoms with Crippen molar-refractivity contribution in [1.29, 1.82) is 0 Å². The summed E-state index contributed by atoms with van der Waals surface area (Å²) in [6.45, 7) is 7.06. The third-order valence-corrected chi connectivity index (χ3v) is 6.93. The van der Waals surface area contributed by atoms with E-state index in [-0.39, 0.29) is 17.9 Å². The molecule has 1 N–H and O–H groups in total. The fourth-order valence-corrected chi connectivity index (χ4v) is 5.89. The quantitative estimate of drug-likeness (QED) is 0.479. The number of carbonyl (C=O) groups is 2. The van der Waals surface area contributed by atoms with Gasteiger partial charge >= 0.3 is 5.97 Å². The van der Waals surface area contributed by atoms with E-state index in [1.54, 1.807) is 23.9 Å². The number of nitrogens with zero attached hydrogens (tertiary/aromatic N) is 2. The number of aromatic nitrogens is 2. The van der Waals surface area contributed by atoms with Crippen molar-refractivity contribution >= 4 is 11.9 Å². The average Bonchev–Trinajstić information content (AvgIpc) is 3.11. The Balaban J connectivity index is 1.46. The van der Waals surface area contributed by atoms with Crippen LogP contribution in [0.2, 0.25) is 0 Å². The van der Waals surface area contributed by atoms with E-state index in [2.05, 4.69) is 24.3 Å². The molecule has 1 amide bonds. The maximum Gasteiger partial charge on any atom is 0.330 e. The Morgan fingerprint density at radius 1 is 1.19 bits per heavy atom. The molecule has 0 spiro atoms. The standard InChI is InChI=1S/C24H35N3O4/c1-4-30-21(28)6-5-7-27-24(31-14-15(2)3)20(13-25-27)23(29)26-22-18-9-16-8-17(11-18)12-19(22)10-16/h5-6,13,15-19,22H,4,7-12,14H2,1-3H3,(H,26,29). The Hall–Kier alpha value is -2.31. The minimum atomic E-state index is -0.390. The average molecular weight is 430 g/mol. The van der Waals surface area contributed by atoms with E-state index in [9.17, 15) is 9.59 Å². The van der Waals surface area contributed by atoms with Crippen molar-refractivity contribution in [2.45, 2.75) is 65.5 Å². The van der Waals surface area contributed by atoms with Gasteiger partial charge in [0.2, 0.25) is 5.88 Å². The number of ether oxygens (including phenoxy) is 2. The number of allylic oxidation sites excluding steroid dienone is 1. The third kappa shape index (κ3) is 4.96. The molecule has 0 aromatic carbocycles. The number of esters is 1. The molecule has 4 aliphatic carbocycles. The van der Waals surface area contributed by atoms with E-state index >= 15 is 0 Å². The molecule has 5 rings (SSSR count). The normalized spacial score (nSPS) is 29.0. The molecule has 0 aliphatic heterocycles. The Kier molecular flexibility index (Phi) is 6.68. The lowest BCUT2D eigenvalue weighted by Crippen LogP contribution is -2.55. The van der Waals surface area contributed by atoms with E-state index < -0.39 is 0 Å². The van der Waals surface area contributed by atoms with Crippen LogP contribution in [0.4, 0.5) is 0 Å². The van der Waals surface area contributed by atoms with Crippen molar-refractivity contribution < 1.29 is 19.1 Å². The maximum absolute atomic E-state index is 13.2. The molecule has 4 saturated carbocycles. The molecule has 0 saturated heterocycles. The minimum Gasteiger partial charge on any atom is -0.477 e. The van der Waals surface area contributed by atoms with Crippen LogP contribution in [0, 0.1) is 29.6 Å². The molecule has 0 radical (unpaired) electrons. The highest BCUT2D eigenvalue weighted by Crippen LogP contribution is 2.53. The summed E-state index contributed by atoms with van der Waals surface area (Å²) in [5.41, 5.74) is 0.471. The van der Waals surface area contributed by atoms with Crippen LogP contribution in [0.5, 0.6) is 5.88 Å². The molecular formula is C24H35N3O4. The molecular weight excluding hydrogens is 394 g/mol. The summed E-state index contributed by atoms with van der Waals surface area (Å²) >= 11 is 0. The van der Waals surface area contributed by atoms with E-state index in [1.165, 1.54) is 38.2 Å². The monoisotopic (exact) mass is 429 g/mol. The lowest BCUT2D eigenvalue weighted by Gasteiger charge is -2.54. The van der Waals surface area contributed by atoms with Crippen molar-refractivity contribution in [2.24, 2.45) is 29.6 Å². The van der Waals surface area contributed by atoms with Gasteiger partial charge in [-0.15, -0.1) is 0 Å². The van der Waals surface area contributed by atoms with Crippen LogP contribution in [-0.4, -0.2) is 40.9 Å². The zero-order chi connectivity index (χ0) is 22.0. The molecule has 1 heterocycles. The zero-order valence-corrected chi connectivity index (χ0v) is 18.9. The Bertz CT molecular complexity index is 801. The summed E-state index contributed by atoms with van der Waals surface area (Å²) < 4.78 is 12.5. The van der Waals surface area contributed by atoms with Gasteiger partial charge in [0, 0.05) is 12.1 Å². The summed E-state index contributed by atoms with van der Waals surface area (Å²) in [5.74, 6) is 3.26. The van der Waals surface area contributed by atoms with E-state index in [0.717, 1.165) is 11.8 Å². The van der Waals surface area contributed by atoms with Crippen LogP contribution >= 0.6 is 0 Å². The van der Waals surface area contributed by atoms with Crippen molar-refractivity contribution in [2.75, 3.05) is 13.2 Å². The van der Waals surface area contributed by atoms with Crippen LogP contribution < -0.4 is 10.1 Å². The third-order valence-electron chi connectivity index (χ3n) is 6.93. The summed E-state index contributed by atoms with van der Waals surface area (Å²) in [6, 6.07) is 0.269. The van der Waals surface area contributed by atoms with Gasteiger partial charge in [0.15, 0.2) is 0 Å². The van der Waals surface area contributed by atoms with Gasteiger partial charge in [-0.2, -0.15) is 5.10 Å². The molecule has 1 aromatic heterocycles. The van der Waals surface area contributed by atoms with E-state index in [0.29, 0.717) is 49.0 Å². The number of amides is 1. The first-order chi connectivity index (χ1) is 14.9. The second kappa shape index (κ2) is 9.45. The maximum atomic E-state index is 13.2. The van der Waals surface area contributed by atoms with Gasteiger partial charge in [0.05, 0.1) is 26.0 Å². The number of hydrogen-bond acceptors (Lipinski definition) is 5. The Morgan fingerprint density at radius 2 is 1.87 bits per heavy atom. The van der Waals surface area contributed by atoms with E-state index in [4.69, 9.17) is 9.47 Å². The minimum absolute atomic E-state index is 0.100. The Morgan fingerprint density at radius 3 is 2.48 bits per heavy atom. The summed E-state index contributed by atoms with van der Waals surface area (Å²) in [5, 5.41) is 7.72. The highest BCUT2D eigenvalue weighted by Gasteiger charge is 2.48. The predicted molar refractivity (Wildman–Crippen MR) is 117 cm³/mol. The van der Waals surface area contributed by atoms with Crippen LogP contribution in [0.25, 0.3) is 0 Å². The van der Waals surface area contributed by atoms with Gasteiger partial charge in [-0.1, -0.05) is 19.9 Å². The van der Waals surface area contributed by atoms with Crippen LogP contribution in [0.1, 0.15) is 63.2 Å². The first kappa shape index (κ1) is 21.9. The lowest BCUT2D eigenvalue weighted by atomic mass is 9.54. The van der Waals surface area contributed by atoms with Crippen molar-refractivity contribution in [1.82, 2.24) is 15.1 Å². The van der Waals surface area contributed by atoms with Gasteiger partial charge in [-0.3, -0.25) is 4.79 Å². The molecule has 31 heavy (non-hydrogen) atoms. The van der Waals surface area contributed by atoms with Crippen LogP contribution in [-0.2, 0) is 16.1 Å². The highest BCUT2D eigenvalue weighted by atomic mass is 16.5. The molecule has 4 fully saturated rings. The van der Waals surface area contributed by atoms with E-state index in [1.807, 2.05) is 0 Å². The van der Waals surface area contributed by atoms with Gasteiger partial charge in [0.25, 0.3) is 5.91 Å². The van der Waals surface area contributed by atoms with Crippen molar-refractivity contribution in [3.63, 3.8) is 0 Å². The van der Waals surface area contributed by atoms with Gasteiger partial charge in [-0.05, 0) is 68.6 Å².